The highest BCUT2D eigenvalue weighted by atomic mass is 19.1. The first kappa shape index (κ1) is 16.0. The van der Waals surface area contributed by atoms with Crippen molar-refractivity contribution in [1.82, 2.24) is 4.90 Å². The normalized spacial score (nSPS) is 14.6. The van der Waals surface area contributed by atoms with E-state index in [-0.39, 0.29) is 23.7 Å². The molecule has 2 heterocycles. The molecule has 1 N–H and O–H groups in total. The van der Waals surface area contributed by atoms with E-state index in [0.717, 1.165) is 5.56 Å². The van der Waals surface area contributed by atoms with Gasteiger partial charge in [-0.3, -0.25) is 9.59 Å². The fourth-order valence-electron chi connectivity index (χ4n) is 2.63. The number of hydrogen-bond acceptors (Lipinski definition) is 4. The van der Waals surface area contributed by atoms with Crippen molar-refractivity contribution in [2.75, 3.05) is 13.6 Å². The van der Waals surface area contributed by atoms with Crippen LogP contribution in [0.5, 0.6) is 0 Å². The van der Waals surface area contributed by atoms with Crippen molar-refractivity contribution >= 4 is 11.7 Å². The van der Waals surface area contributed by atoms with Crippen LogP contribution in [0.3, 0.4) is 0 Å². The van der Waals surface area contributed by atoms with Gasteiger partial charge in [0.05, 0.1) is 12.1 Å². The first-order chi connectivity index (χ1) is 11.4. The fourth-order valence-corrected chi connectivity index (χ4v) is 2.63. The molecule has 1 aromatic carbocycles. The lowest BCUT2D eigenvalue weighted by molar-refractivity contribution is -0.126. The van der Waals surface area contributed by atoms with E-state index in [1.54, 1.807) is 25.1 Å². The van der Waals surface area contributed by atoms with E-state index >= 15 is 0 Å². The second-order valence-electron chi connectivity index (χ2n) is 5.84. The molecule has 0 spiro atoms. The summed E-state index contributed by atoms with van der Waals surface area (Å²) in [5.74, 6) is -1.28. The number of nitrogens with zero attached hydrogens (tertiary/aromatic N) is 1. The first-order valence-electron chi connectivity index (χ1n) is 7.43. The predicted molar refractivity (Wildman–Crippen MR) is 84.3 cm³/mol. The largest absolute Gasteiger partial charge is 0.503 e. The highest BCUT2D eigenvalue weighted by molar-refractivity contribution is 6.14. The topological polar surface area (TPSA) is 70.8 Å². The van der Waals surface area contributed by atoms with Crippen LogP contribution in [-0.2, 0) is 11.2 Å². The number of likely N-dealkylation sites (N-methyl/N-ethyl adjacent to an activating group) is 1. The van der Waals surface area contributed by atoms with Crippen molar-refractivity contribution in [3.63, 3.8) is 0 Å². The summed E-state index contributed by atoms with van der Waals surface area (Å²) in [4.78, 5) is 25.2. The summed E-state index contributed by atoms with van der Waals surface area (Å²) in [7, 11) is 1.50. The molecule has 6 heteroatoms. The van der Waals surface area contributed by atoms with Crippen molar-refractivity contribution in [3.8, 4) is 0 Å². The van der Waals surface area contributed by atoms with Crippen LogP contribution in [0.2, 0.25) is 0 Å². The summed E-state index contributed by atoms with van der Waals surface area (Å²) in [6.45, 7) is 1.73. The molecular formula is C18H16FNO4. The van der Waals surface area contributed by atoms with Gasteiger partial charge in [-0.15, -0.1) is 0 Å². The van der Waals surface area contributed by atoms with E-state index in [9.17, 15) is 19.1 Å². The Morgan fingerprint density at radius 3 is 2.71 bits per heavy atom. The van der Waals surface area contributed by atoms with Gasteiger partial charge in [-0.25, -0.2) is 4.39 Å². The van der Waals surface area contributed by atoms with Crippen LogP contribution in [0.1, 0.15) is 27.4 Å². The Morgan fingerprint density at radius 1 is 1.33 bits per heavy atom. The van der Waals surface area contributed by atoms with Crippen molar-refractivity contribution in [3.05, 3.63) is 70.1 Å². The Hall–Kier alpha value is -2.89. The van der Waals surface area contributed by atoms with Gasteiger partial charge in [0.15, 0.2) is 11.5 Å². The van der Waals surface area contributed by atoms with Gasteiger partial charge in [0.25, 0.3) is 5.91 Å². The molecule has 2 aromatic rings. The van der Waals surface area contributed by atoms with Gasteiger partial charge in [-0.1, -0.05) is 12.1 Å². The number of furan rings is 1. The Morgan fingerprint density at radius 2 is 2.08 bits per heavy atom. The lowest BCUT2D eigenvalue weighted by Crippen LogP contribution is -2.22. The van der Waals surface area contributed by atoms with E-state index in [1.807, 2.05) is 0 Å². The molecular weight excluding hydrogens is 313 g/mol. The smallest absolute Gasteiger partial charge is 0.289 e. The molecule has 124 valence electrons. The van der Waals surface area contributed by atoms with Gasteiger partial charge < -0.3 is 14.4 Å². The summed E-state index contributed by atoms with van der Waals surface area (Å²) in [5.41, 5.74) is 1.43. The maximum absolute atomic E-state index is 13.3. The third kappa shape index (κ3) is 2.82. The average molecular weight is 329 g/mol. The zero-order valence-corrected chi connectivity index (χ0v) is 13.3. The molecule has 0 fully saturated rings. The highest BCUT2D eigenvalue weighted by Crippen LogP contribution is 2.22. The van der Waals surface area contributed by atoms with Crippen LogP contribution in [0.15, 0.2) is 46.1 Å². The standard InChI is InChI=1S/C18H16FNO4/c1-10-7-11(3-5-14(10)19)8-12-4-6-15(24-12)16(21)13-9-20(2)18(23)17(13)22/h3-7,22H,8-9H2,1-2H3. The number of benzene rings is 1. The molecule has 0 atom stereocenters. The van der Waals surface area contributed by atoms with Crippen molar-refractivity contribution in [2.24, 2.45) is 0 Å². The summed E-state index contributed by atoms with van der Waals surface area (Å²) >= 11 is 0. The zero-order valence-electron chi connectivity index (χ0n) is 13.3. The molecule has 1 aromatic heterocycles. The SMILES string of the molecule is Cc1cc(Cc2ccc(C(=O)C3=C(O)C(=O)N(C)C3)o2)ccc1F. The molecule has 0 bridgehead atoms. The predicted octanol–water partition coefficient (Wildman–Crippen LogP) is 2.78. The van der Waals surface area contributed by atoms with Gasteiger partial charge >= 0.3 is 0 Å². The number of rotatable bonds is 4. The summed E-state index contributed by atoms with van der Waals surface area (Å²) in [6, 6.07) is 7.94. The zero-order chi connectivity index (χ0) is 17.4. The van der Waals surface area contributed by atoms with Gasteiger partial charge in [-0.2, -0.15) is 0 Å². The monoisotopic (exact) mass is 329 g/mol. The van der Waals surface area contributed by atoms with Crippen molar-refractivity contribution in [2.45, 2.75) is 13.3 Å². The van der Waals surface area contributed by atoms with Crippen molar-refractivity contribution in [1.29, 1.82) is 0 Å². The van der Waals surface area contributed by atoms with Crippen LogP contribution in [0.4, 0.5) is 4.39 Å². The van der Waals surface area contributed by atoms with Crippen LogP contribution in [-0.4, -0.2) is 35.3 Å². The third-order valence-corrected chi connectivity index (χ3v) is 3.99. The van der Waals surface area contributed by atoms with Gasteiger partial charge in [0.2, 0.25) is 5.78 Å². The number of carbonyl (C=O) groups is 2. The molecule has 5 nitrogen and oxygen atoms in total. The summed E-state index contributed by atoms with van der Waals surface area (Å²) in [5, 5.41) is 9.75. The number of halogens is 1. The lowest BCUT2D eigenvalue weighted by atomic mass is 10.1. The molecule has 0 saturated heterocycles. The second-order valence-corrected chi connectivity index (χ2v) is 5.84. The second kappa shape index (κ2) is 5.96. The summed E-state index contributed by atoms with van der Waals surface area (Å²) < 4.78 is 18.8. The number of aliphatic hydroxyl groups is 1. The van der Waals surface area contributed by atoms with Crippen LogP contribution in [0.25, 0.3) is 0 Å². The van der Waals surface area contributed by atoms with E-state index in [0.29, 0.717) is 17.7 Å². The number of Topliss-reactive ketones (excluding diaryl/α,β-unsaturated/α-hetero) is 1. The molecule has 0 saturated carbocycles. The first-order valence-corrected chi connectivity index (χ1v) is 7.43. The number of carbonyl (C=O) groups excluding carboxylic acids is 2. The number of hydrogen-bond donors (Lipinski definition) is 1. The van der Waals surface area contributed by atoms with Crippen molar-refractivity contribution < 1.29 is 23.5 Å². The number of ketones is 1. The minimum absolute atomic E-state index is 0.0287. The molecule has 1 aliphatic rings. The van der Waals surface area contributed by atoms with Crippen LogP contribution < -0.4 is 0 Å². The van der Waals surface area contributed by atoms with Gasteiger partial charge in [0, 0.05) is 13.5 Å². The van der Waals surface area contributed by atoms with E-state index < -0.39 is 17.4 Å². The average Bonchev–Trinajstić information content (AvgIpc) is 3.11. The molecule has 0 aliphatic carbocycles. The molecule has 0 radical (unpaired) electrons. The molecule has 3 rings (SSSR count). The third-order valence-electron chi connectivity index (χ3n) is 3.99. The molecule has 1 amide bonds. The maximum Gasteiger partial charge on any atom is 0.289 e. The van der Waals surface area contributed by atoms with Gasteiger partial charge in [0.1, 0.15) is 11.6 Å². The van der Waals surface area contributed by atoms with Gasteiger partial charge in [-0.05, 0) is 36.2 Å². The van der Waals surface area contributed by atoms with E-state index in [1.165, 1.54) is 24.1 Å². The fraction of sp³-hybridized carbons (Fsp3) is 0.222. The molecule has 1 aliphatic heterocycles. The van der Waals surface area contributed by atoms with E-state index in [4.69, 9.17) is 4.42 Å². The number of aliphatic hydroxyl groups excluding tert-OH is 1. The Bertz CT molecular complexity index is 866. The Balaban J connectivity index is 1.79. The van der Waals surface area contributed by atoms with Crippen LogP contribution in [0, 0.1) is 12.7 Å². The minimum atomic E-state index is -0.577. The Kier molecular flexibility index (Phi) is 3.97. The minimum Gasteiger partial charge on any atom is -0.503 e. The quantitative estimate of drug-likeness (QED) is 0.876. The van der Waals surface area contributed by atoms with Crippen LogP contribution >= 0.6 is 0 Å². The van der Waals surface area contributed by atoms with E-state index in [2.05, 4.69) is 0 Å². The summed E-state index contributed by atoms with van der Waals surface area (Å²) in [6.07, 6.45) is 0.415. The lowest BCUT2D eigenvalue weighted by Gasteiger charge is -2.06. The maximum atomic E-state index is 13.3. The molecule has 24 heavy (non-hydrogen) atoms. The molecule has 0 unspecified atom stereocenters. The number of aryl methyl sites for hydroxylation is 1. The number of amides is 1. The highest BCUT2D eigenvalue weighted by Gasteiger charge is 2.33. The Labute approximate surface area is 138 Å².